The summed E-state index contributed by atoms with van der Waals surface area (Å²) in [5.41, 5.74) is -1.54. The van der Waals surface area contributed by atoms with E-state index in [9.17, 15) is 28.8 Å². The maximum absolute atomic E-state index is 14.1. The van der Waals surface area contributed by atoms with E-state index < -0.39 is 62.0 Å². The summed E-state index contributed by atoms with van der Waals surface area (Å²) < 4.78 is 47.3. The van der Waals surface area contributed by atoms with Crippen LogP contribution in [-0.2, 0) is 23.3 Å². The third kappa shape index (κ3) is 6.57. The minimum absolute atomic E-state index is 0.0908. The second kappa shape index (κ2) is 12.5. The second-order valence-corrected chi connectivity index (χ2v) is 10.4. The molecule has 1 aliphatic rings. The van der Waals surface area contributed by atoms with Gasteiger partial charge in [-0.25, -0.2) is 18.9 Å². The number of esters is 2. The molecule has 15 heteroatoms. The van der Waals surface area contributed by atoms with Gasteiger partial charge in [0.15, 0.2) is 0 Å². The number of benzene rings is 2. The van der Waals surface area contributed by atoms with Crippen LogP contribution in [0.4, 0.5) is 0 Å². The summed E-state index contributed by atoms with van der Waals surface area (Å²) >= 11 is 0. The Hall–Kier alpha value is -4.23. The van der Waals surface area contributed by atoms with Gasteiger partial charge in [0.05, 0.1) is 26.9 Å². The van der Waals surface area contributed by atoms with Gasteiger partial charge in [0.25, 0.3) is 5.56 Å². The first-order valence-electron chi connectivity index (χ1n) is 12.2. The van der Waals surface area contributed by atoms with Crippen molar-refractivity contribution < 1.29 is 47.0 Å². The molecule has 1 aromatic heterocycles. The van der Waals surface area contributed by atoms with E-state index in [1.807, 2.05) is 0 Å². The molecule has 0 aliphatic carbocycles. The Balaban J connectivity index is 1.64. The van der Waals surface area contributed by atoms with E-state index in [-0.39, 0.29) is 22.6 Å². The number of rotatable bonds is 10. The van der Waals surface area contributed by atoms with E-state index in [2.05, 4.69) is 4.98 Å². The fraction of sp³-hybridized carbons (Fsp3) is 0.308. The second-order valence-electron chi connectivity index (χ2n) is 8.83. The molecule has 0 saturated carbocycles. The van der Waals surface area contributed by atoms with Crippen LogP contribution in [-0.4, -0.2) is 59.6 Å². The number of aliphatic hydroxyl groups is 1. The Kier molecular flexibility index (Phi) is 9.08. The Morgan fingerprint density at radius 2 is 1.49 bits per heavy atom. The first-order valence-corrected chi connectivity index (χ1v) is 13.7. The number of carbonyl (C=O) groups is 2. The van der Waals surface area contributed by atoms with Crippen LogP contribution in [0, 0.1) is 5.92 Å². The van der Waals surface area contributed by atoms with E-state index in [0.717, 1.165) is 24.9 Å². The molecule has 4 rings (SSSR count). The molecule has 218 valence electrons. The van der Waals surface area contributed by atoms with Gasteiger partial charge in [0, 0.05) is 18.2 Å². The molecule has 0 radical (unpaired) electrons. The highest BCUT2D eigenvalue weighted by Crippen LogP contribution is 2.52. The van der Waals surface area contributed by atoms with Crippen LogP contribution in [0.25, 0.3) is 0 Å². The number of H-pyrrole nitrogens is 1. The van der Waals surface area contributed by atoms with Gasteiger partial charge >= 0.3 is 25.5 Å². The van der Waals surface area contributed by atoms with Crippen molar-refractivity contribution in [1.29, 1.82) is 0 Å². The first kappa shape index (κ1) is 29.7. The average Bonchev–Trinajstić information content (AvgIpc) is 3.24. The van der Waals surface area contributed by atoms with Crippen LogP contribution in [0.2, 0.25) is 0 Å². The van der Waals surface area contributed by atoms with Crippen LogP contribution in [0.5, 0.6) is 11.5 Å². The van der Waals surface area contributed by atoms with Gasteiger partial charge in [0.2, 0.25) is 0 Å². The number of phosphoric ester groups is 1. The molecular formula is C26H27N2O12P. The molecule has 0 bridgehead atoms. The number of nitrogens with one attached hydrogen (secondary N) is 1. The number of aromatic nitrogens is 2. The fourth-order valence-electron chi connectivity index (χ4n) is 4.10. The predicted octanol–water partition coefficient (Wildman–Crippen LogP) is 2.29. The van der Waals surface area contributed by atoms with Gasteiger partial charge in [-0.05, 0) is 24.3 Å². The zero-order valence-corrected chi connectivity index (χ0v) is 23.0. The lowest BCUT2D eigenvalue weighted by molar-refractivity contribution is -0.0461. The number of hydrogen-bond acceptors (Lipinski definition) is 12. The summed E-state index contributed by atoms with van der Waals surface area (Å²) in [5.74, 6) is -2.66. The Morgan fingerprint density at radius 3 is 2.00 bits per heavy atom. The maximum Gasteiger partial charge on any atom is 0.587 e. The zero-order chi connectivity index (χ0) is 29.7. The molecule has 2 aromatic carbocycles. The summed E-state index contributed by atoms with van der Waals surface area (Å²) in [5, 5.41) is 10.8. The largest absolute Gasteiger partial charge is 0.587 e. The highest BCUT2D eigenvalue weighted by Gasteiger charge is 2.45. The summed E-state index contributed by atoms with van der Waals surface area (Å²) in [6.07, 6.45) is -2.12. The van der Waals surface area contributed by atoms with Gasteiger partial charge in [-0.3, -0.25) is 18.9 Å². The van der Waals surface area contributed by atoms with E-state index >= 15 is 0 Å². The van der Waals surface area contributed by atoms with Gasteiger partial charge in [-0.15, -0.1) is 0 Å². The molecule has 14 nitrogen and oxygen atoms in total. The number of aromatic amines is 1. The van der Waals surface area contributed by atoms with Gasteiger partial charge in [-0.1, -0.05) is 31.2 Å². The van der Waals surface area contributed by atoms with E-state index in [1.54, 1.807) is 6.92 Å². The molecule has 4 unspecified atom stereocenters. The minimum atomic E-state index is -4.75. The third-order valence-electron chi connectivity index (χ3n) is 6.21. The minimum Gasteiger partial charge on any atom is -0.465 e. The van der Waals surface area contributed by atoms with Crippen molar-refractivity contribution >= 4 is 19.8 Å². The van der Waals surface area contributed by atoms with Crippen molar-refractivity contribution in [3.8, 4) is 11.5 Å². The van der Waals surface area contributed by atoms with E-state index in [0.29, 0.717) is 0 Å². The zero-order valence-electron chi connectivity index (χ0n) is 22.1. The first-order chi connectivity index (χ1) is 19.6. The summed E-state index contributed by atoms with van der Waals surface area (Å²) in [6, 6.07) is 12.6. The normalized spacial score (nSPS) is 20.3. The lowest BCUT2D eigenvalue weighted by atomic mass is 10.0. The third-order valence-corrected chi connectivity index (χ3v) is 7.52. The van der Waals surface area contributed by atoms with Crippen LogP contribution in [0.3, 0.4) is 0 Å². The smallest absolute Gasteiger partial charge is 0.465 e. The molecule has 1 fully saturated rings. The lowest BCUT2D eigenvalue weighted by Crippen LogP contribution is -2.33. The number of hydrogen-bond donors (Lipinski definition) is 2. The van der Waals surface area contributed by atoms with Gasteiger partial charge in [-0.2, -0.15) is 0 Å². The molecule has 1 saturated heterocycles. The Labute approximate surface area is 233 Å². The number of ether oxygens (including phenoxy) is 3. The summed E-state index contributed by atoms with van der Waals surface area (Å²) in [6.45, 7) is 1.04. The summed E-state index contributed by atoms with van der Waals surface area (Å²) in [4.78, 5) is 50.4. The number of para-hydroxylation sites is 2. The van der Waals surface area contributed by atoms with Crippen molar-refractivity contribution in [3.63, 3.8) is 0 Å². The monoisotopic (exact) mass is 590 g/mol. The molecular weight excluding hydrogens is 563 g/mol. The summed E-state index contributed by atoms with van der Waals surface area (Å²) in [7, 11) is -2.44. The average molecular weight is 590 g/mol. The molecule has 1 aliphatic heterocycles. The van der Waals surface area contributed by atoms with Crippen LogP contribution >= 0.6 is 7.82 Å². The van der Waals surface area contributed by atoms with Crippen molar-refractivity contribution in [3.05, 3.63) is 92.8 Å². The van der Waals surface area contributed by atoms with Crippen molar-refractivity contribution in [1.82, 2.24) is 9.55 Å². The maximum atomic E-state index is 14.1. The standard InChI is InChI=1S/C26H27N2O12P/c1-15-22(30)20(38-23(15)28-13-12-21(29)27-26(28)33)14-37-41(34,39-18-10-6-4-8-16(18)24(31)35-2)40-19-11-7-5-9-17(19)25(32)36-3/h4-13,15,20,22-23,30H,14H2,1-3H3,(H,27,29,33). The molecule has 0 amide bonds. The topological polar surface area (TPSA) is 182 Å². The van der Waals surface area contributed by atoms with Crippen molar-refractivity contribution in [2.45, 2.75) is 25.4 Å². The molecule has 2 heterocycles. The quantitative estimate of drug-likeness (QED) is 0.260. The number of phosphoric acid groups is 1. The van der Waals surface area contributed by atoms with E-state index in [1.165, 1.54) is 54.7 Å². The molecule has 0 spiro atoms. The highest BCUT2D eigenvalue weighted by atomic mass is 31.2. The number of carbonyl (C=O) groups excluding carboxylic acids is 2. The Morgan fingerprint density at radius 1 is 0.951 bits per heavy atom. The van der Waals surface area contributed by atoms with Crippen LogP contribution < -0.4 is 20.3 Å². The number of methoxy groups -OCH3 is 2. The number of nitrogens with zero attached hydrogens (tertiary/aromatic N) is 1. The van der Waals surface area contributed by atoms with Crippen LogP contribution in [0.15, 0.2) is 70.4 Å². The lowest BCUT2D eigenvalue weighted by Gasteiger charge is -2.23. The van der Waals surface area contributed by atoms with Crippen LogP contribution in [0.1, 0.15) is 33.9 Å². The SMILES string of the molecule is COC(=O)c1ccccc1OP(=O)(OCC1OC(n2ccc(=O)[nH]c2=O)C(C)C1O)Oc1ccccc1C(=O)OC. The van der Waals surface area contributed by atoms with E-state index in [4.69, 9.17) is 27.8 Å². The molecule has 2 N–H and O–H groups in total. The van der Waals surface area contributed by atoms with Crippen molar-refractivity contribution in [2.24, 2.45) is 5.92 Å². The number of aliphatic hydroxyl groups excluding tert-OH is 1. The molecule has 41 heavy (non-hydrogen) atoms. The molecule has 4 atom stereocenters. The van der Waals surface area contributed by atoms with Gasteiger partial charge in [0.1, 0.15) is 35.0 Å². The van der Waals surface area contributed by atoms with Gasteiger partial charge < -0.3 is 28.4 Å². The predicted molar refractivity (Wildman–Crippen MR) is 141 cm³/mol. The molecule has 3 aromatic rings. The van der Waals surface area contributed by atoms with Crippen molar-refractivity contribution in [2.75, 3.05) is 20.8 Å². The fourth-order valence-corrected chi connectivity index (χ4v) is 5.37. The Bertz CT molecular complexity index is 1520. The highest BCUT2D eigenvalue weighted by molar-refractivity contribution is 7.49.